The predicted octanol–water partition coefficient (Wildman–Crippen LogP) is 4.69. The van der Waals surface area contributed by atoms with Gasteiger partial charge in [0.1, 0.15) is 12.4 Å². The van der Waals surface area contributed by atoms with Crippen LogP contribution in [0.4, 0.5) is 5.69 Å². The zero-order chi connectivity index (χ0) is 15.0. The second-order valence-corrected chi connectivity index (χ2v) is 5.98. The van der Waals surface area contributed by atoms with Gasteiger partial charge >= 0.3 is 0 Å². The normalized spacial score (nSPS) is 13.6. The summed E-state index contributed by atoms with van der Waals surface area (Å²) >= 11 is 2.24. The molecule has 2 aromatic carbocycles. The fourth-order valence-electron chi connectivity index (χ4n) is 2.28. The van der Waals surface area contributed by atoms with E-state index in [2.05, 4.69) is 22.6 Å². The maximum absolute atomic E-state index is 10.8. The first-order valence-electron chi connectivity index (χ1n) is 6.43. The number of aryl methyl sites for hydroxylation is 1. The summed E-state index contributed by atoms with van der Waals surface area (Å²) in [7, 11) is 0. The average Bonchev–Trinajstić information content (AvgIpc) is 2.48. The van der Waals surface area contributed by atoms with Gasteiger partial charge in [-0.15, -0.1) is 0 Å². The number of nitro groups is 1. The number of benzene rings is 2. The molecule has 5 heteroatoms. The molecule has 4 nitrogen and oxygen atoms in total. The summed E-state index contributed by atoms with van der Waals surface area (Å²) in [4.78, 5) is 10.5. The van der Waals surface area contributed by atoms with Crippen molar-refractivity contribution in [1.82, 2.24) is 0 Å². The minimum Gasteiger partial charge on any atom is -0.487 e. The Morgan fingerprint density at radius 2 is 1.90 bits per heavy atom. The van der Waals surface area contributed by atoms with Crippen LogP contribution < -0.4 is 0 Å². The van der Waals surface area contributed by atoms with E-state index < -0.39 is 0 Å². The third-order valence-electron chi connectivity index (χ3n) is 3.42. The van der Waals surface area contributed by atoms with Crippen molar-refractivity contribution in [3.8, 4) is 0 Å². The highest BCUT2D eigenvalue weighted by Gasteiger charge is 2.21. The van der Waals surface area contributed by atoms with E-state index in [1.165, 1.54) is 11.6 Å². The highest BCUT2D eigenvalue weighted by molar-refractivity contribution is 14.1. The molecule has 0 aromatic heterocycles. The largest absolute Gasteiger partial charge is 0.487 e. The number of halogens is 1. The van der Waals surface area contributed by atoms with E-state index in [0.717, 1.165) is 26.0 Å². The van der Waals surface area contributed by atoms with Crippen LogP contribution in [-0.4, -0.2) is 4.92 Å². The zero-order valence-corrected chi connectivity index (χ0v) is 13.5. The number of hydrogen-bond donors (Lipinski definition) is 0. The van der Waals surface area contributed by atoms with Crippen LogP contribution in [0.15, 0.2) is 42.5 Å². The van der Waals surface area contributed by atoms with Crippen LogP contribution >= 0.6 is 22.6 Å². The van der Waals surface area contributed by atoms with Crippen molar-refractivity contribution in [2.24, 2.45) is 0 Å². The Morgan fingerprint density at radius 1 is 1.19 bits per heavy atom. The van der Waals surface area contributed by atoms with Crippen molar-refractivity contribution in [2.75, 3.05) is 0 Å². The summed E-state index contributed by atoms with van der Waals surface area (Å²) < 4.78 is 6.81. The van der Waals surface area contributed by atoms with Crippen LogP contribution in [0.1, 0.15) is 22.3 Å². The number of ether oxygens (including phenoxy) is 1. The quantitative estimate of drug-likeness (QED) is 0.423. The Bertz CT molecular complexity index is 751. The molecule has 1 heterocycles. The molecule has 106 valence electrons. The summed E-state index contributed by atoms with van der Waals surface area (Å²) in [5, 5.41) is 10.8. The summed E-state index contributed by atoms with van der Waals surface area (Å²) in [5.41, 5.74) is 4.17. The van der Waals surface area contributed by atoms with Crippen LogP contribution in [0.5, 0.6) is 0 Å². The maximum atomic E-state index is 10.8. The molecule has 0 saturated heterocycles. The van der Waals surface area contributed by atoms with E-state index in [-0.39, 0.29) is 10.6 Å². The Morgan fingerprint density at radius 3 is 2.57 bits per heavy atom. The van der Waals surface area contributed by atoms with Gasteiger partial charge in [-0.05, 0) is 41.1 Å². The molecule has 0 fully saturated rings. The molecule has 3 rings (SSSR count). The fourth-order valence-corrected chi connectivity index (χ4v) is 3.27. The molecule has 1 aliphatic heterocycles. The molecule has 0 spiro atoms. The maximum Gasteiger partial charge on any atom is 0.269 e. The fraction of sp³-hybridized carbons (Fsp3) is 0.125. The van der Waals surface area contributed by atoms with Crippen LogP contribution in [0, 0.1) is 17.0 Å². The molecule has 0 radical (unpaired) electrons. The van der Waals surface area contributed by atoms with E-state index in [9.17, 15) is 10.1 Å². The number of fused-ring (bicyclic) bond motifs is 1. The van der Waals surface area contributed by atoms with Gasteiger partial charge in [0.2, 0.25) is 0 Å². The van der Waals surface area contributed by atoms with Crippen LogP contribution in [0.3, 0.4) is 0 Å². The smallest absolute Gasteiger partial charge is 0.269 e. The molecule has 21 heavy (non-hydrogen) atoms. The molecule has 0 atom stereocenters. The van der Waals surface area contributed by atoms with Gasteiger partial charge in [-0.3, -0.25) is 10.1 Å². The second kappa shape index (κ2) is 5.48. The molecule has 0 N–H and O–H groups in total. The number of rotatable bonds is 2. The minimum absolute atomic E-state index is 0.0975. The molecule has 0 aliphatic carbocycles. The van der Waals surface area contributed by atoms with Gasteiger partial charge in [-0.1, -0.05) is 29.8 Å². The molecular weight excluding hydrogens is 381 g/mol. The monoisotopic (exact) mass is 393 g/mol. The van der Waals surface area contributed by atoms with Crippen molar-refractivity contribution >= 4 is 37.6 Å². The second-order valence-electron chi connectivity index (χ2n) is 4.90. The van der Waals surface area contributed by atoms with E-state index >= 15 is 0 Å². The van der Waals surface area contributed by atoms with Crippen molar-refractivity contribution in [1.29, 1.82) is 0 Å². The third kappa shape index (κ3) is 2.65. The van der Waals surface area contributed by atoms with Crippen LogP contribution in [0.2, 0.25) is 0 Å². The Labute approximate surface area is 135 Å². The summed E-state index contributed by atoms with van der Waals surface area (Å²) in [5.74, 6) is 0.831. The molecule has 0 saturated carbocycles. The molecule has 0 amide bonds. The van der Waals surface area contributed by atoms with Crippen molar-refractivity contribution in [3.05, 3.63) is 74.8 Å². The van der Waals surface area contributed by atoms with E-state index in [1.54, 1.807) is 12.1 Å². The summed E-state index contributed by atoms with van der Waals surface area (Å²) in [6.07, 6.45) is 0. The van der Waals surface area contributed by atoms with Gasteiger partial charge in [0.25, 0.3) is 5.69 Å². The summed E-state index contributed by atoms with van der Waals surface area (Å²) in [6, 6.07) is 13.1. The lowest BCUT2D eigenvalue weighted by Gasteiger charge is -2.21. The molecule has 0 bridgehead atoms. The van der Waals surface area contributed by atoms with Gasteiger partial charge in [0.05, 0.1) is 8.50 Å². The molecular formula is C16H12INO3. The lowest BCUT2D eigenvalue weighted by Crippen LogP contribution is -2.05. The lowest BCUT2D eigenvalue weighted by atomic mass is 10.0. The molecule has 1 aliphatic rings. The van der Waals surface area contributed by atoms with Crippen LogP contribution in [0.25, 0.3) is 9.34 Å². The third-order valence-corrected chi connectivity index (χ3v) is 4.49. The number of non-ortho nitro benzene ring substituents is 1. The predicted molar refractivity (Wildman–Crippen MR) is 89.9 cm³/mol. The SMILES string of the molecule is Cc1ccc(C2=C(I)c3ccc([N+](=O)[O-])cc3CO2)cc1. The van der Waals surface area contributed by atoms with Crippen molar-refractivity contribution < 1.29 is 9.66 Å². The Balaban J connectivity index is 2.07. The number of hydrogen-bond acceptors (Lipinski definition) is 3. The first-order chi connectivity index (χ1) is 10.1. The van der Waals surface area contributed by atoms with Gasteiger partial charge in [0.15, 0.2) is 0 Å². The van der Waals surface area contributed by atoms with Gasteiger partial charge in [-0.25, -0.2) is 0 Å². The Kier molecular flexibility index (Phi) is 3.67. The standard InChI is InChI=1S/C16H12INO3/c1-10-2-4-11(5-3-10)16-15(17)14-7-6-13(18(19)20)8-12(14)9-21-16/h2-8H,9H2,1H3. The highest BCUT2D eigenvalue weighted by Crippen LogP contribution is 2.40. The highest BCUT2D eigenvalue weighted by atomic mass is 127. The van der Waals surface area contributed by atoms with Crippen molar-refractivity contribution in [2.45, 2.75) is 13.5 Å². The zero-order valence-electron chi connectivity index (χ0n) is 11.3. The van der Waals surface area contributed by atoms with Gasteiger partial charge in [-0.2, -0.15) is 0 Å². The van der Waals surface area contributed by atoms with E-state index in [0.29, 0.717) is 6.61 Å². The average molecular weight is 393 g/mol. The Hall–Kier alpha value is -1.89. The van der Waals surface area contributed by atoms with Gasteiger partial charge < -0.3 is 4.74 Å². The number of nitro benzene ring substituents is 1. The topological polar surface area (TPSA) is 52.4 Å². The first-order valence-corrected chi connectivity index (χ1v) is 7.51. The van der Waals surface area contributed by atoms with E-state index in [4.69, 9.17) is 4.74 Å². The molecule has 2 aromatic rings. The summed E-state index contributed by atoms with van der Waals surface area (Å²) in [6.45, 7) is 2.39. The van der Waals surface area contributed by atoms with Crippen LogP contribution in [-0.2, 0) is 11.3 Å². The molecule has 0 unspecified atom stereocenters. The van der Waals surface area contributed by atoms with E-state index in [1.807, 2.05) is 31.2 Å². The van der Waals surface area contributed by atoms with Gasteiger partial charge in [0, 0.05) is 23.3 Å². The lowest BCUT2D eigenvalue weighted by molar-refractivity contribution is -0.384. The first kappa shape index (κ1) is 14.1. The van der Waals surface area contributed by atoms with Crippen molar-refractivity contribution in [3.63, 3.8) is 0 Å². The number of nitrogens with zero attached hydrogens (tertiary/aromatic N) is 1. The minimum atomic E-state index is -0.383.